The number of benzene rings is 2. The summed E-state index contributed by atoms with van der Waals surface area (Å²) in [7, 11) is 0. The maximum Gasteiger partial charge on any atom is 0.194 e. The van der Waals surface area contributed by atoms with Crippen LogP contribution in [0.3, 0.4) is 0 Å². The van der Waals surface area contributed by atoms with E-state index in [2.05, 4.69) is 19.1 Å². The Morgan fingerprint density at radius 3 is 2.23 bits per heavy atom. The minimum atomic E-state index is -1.46. The first-order valence-electron chi connectivity index (χ1n) is 9.43. The Hall–Kier alpha value is -1.97. The molecule has 2 aromatic rings. The summed E-state index contributed by atoms with van der Waals surface area (Å²) in [4.78, 5) is 0. The van der Waals surface area contributed by atoms with Crippen LogP contribution in [0.4, 0.5) is 13.2 Å². The van der Waals surface area contributed by atoms with Gasteiger partial charge in [-0.05, 0) is 67.3 Å². The van der Waals surface area contributed by atoms with E-state index in [1.54, 1.807) is 0 Å². The summed E-state index contributed by atoms with van der Waals surface area (Å²) in [5.74, 6) is -1.77. The van der Waals surface area contributed by atoms with Gasteiger partial charge in [0, 0.05) is 5.56 Å². The second-order valence-corrected chi connectivity index (χ2v) is 7.20. The third-order valence-corrected chi connectivity index (χ3v) is 5.40. The molecule has 1 aliphatic rings. The van der Waals surface area contributed by atoms with E-state index in [1.807, 2.05) is 12.1 Å². The predicted molar refractivity (Wildman–Crippen MR) is 96.7 cm³/mol. The molecule has 0 saturated heterocycles. The second kappa shape index (κ2) is 8.61. The Morgan fingerprint density at radius 2 is 1.58 bits per heavy atom. The monoisotopic (exact) mass is 362 g/mol. The zero-order valence-electron chi connectivity index (χ0n) is 15.1. The summed E-state index contributed by atoms with van der Waals surface area (Å²) in [5.41, 5.74) is 1.31. The largest absolute Gasteiger partial charge is 0.489 e. The molecule has 1 nitrogen and oxygen atoms in total. The van der Waals surface area contributed by atoms with E-state index in [1.165, 1.54) is 50.2 Å². The molecule has 0 amide bonds. The third-order valence-electron chi connectivity index (χ3n) is 5.40. The van der Waals surface area contributed by atoms with E-state index in [-0.39, 0.29) is 12.2 Å². The third kappa shape index (κ3) is 4.40. The zero-order chi connectivity index (χ0) is 18.5. The molecule has 1 aliphatic carbocycles. The fourth-order valence-corrected chi connectivity index (χ4v) is 3.87. The lowest BCUT2D eigenvalue weighted by molar-refractivity contribution is 0.294. The lowest BCUT2D eigenvalue weighted by Gasteiger charge is -2.28. The van der Waals surface area contributed by atoms with E-state index >= 15 is 0 Å². The van der Waals surface area contributed by atoms with Gasteiger partial charge in [-0.25, -0.2) is 13.2 Å². The molecule has 0 heterocycles. The average Bonchev–Trinajstić information content (AvgIpc) is 2.67. The summed E-state index contributed by atoms with van der Waals surface area (Å²) in [6, 6.07) is 9.96. The number of ether oxygens (including phenoxy) is 1. The van der Waals surface area contributed by atoms with Crippen molar-refractivity contribution in [1.82, 2.24) is 0 Å². The minimum Gasteiger partial charge on any atom is -0.489 e. The Morgan fingerprint density at radius 1 is 0.885 bits per heavy atom. The van der Waals surface area contributed by atoms with Crippen LogP contribution < -0.4 is 4.74 Å². The van der Waals surface area contributed by atoms with Crippen LogP contribution in [0.2, 0.25) is 0 Å². The van der Waals surface area contributed by atoms with E-state index in [0.29, 0.717) is 11.7 Å². The molecule has 0 aromatic heterocycles. The smallest absolute Gasteiger partial charge is 0.194 e. The fraction of sp³-hybridized carbons (Fsp3) is 0.455. The van der Waals surface area contributed by atoms with Crippen molar-refractivity contribution in [2.75, 3.05) is 0 Å². The first-order chi connectivity index (χ1) is 12.6. The molecule has 3 rings (SSSR count). The van der Waals surface area contributed by atoms with Gasteiger partial charge in [0.05, 0.1) is 0 Å². The molecule has 0 N–H and O–H groups in total. The highest BCUT2D eigenvalue weighted by Crippen LogP contribution is 2.37. The van der Waals surface area contributed by atoms with Gasteiger partial charge >= 0.3 is 0 Å². The second-order valence-electron chi connectivity index (χ2n) is 7.20. The van der Waals surface area contributed by atoms with Gasteiger partial charge in [-0.2, -0.15) is 0 Å². The standard InChI is InChI=1S/C22H25F3O/c1-2-3-15-4-6-16(7-5-15)17-8-11-19(12-9-17)26-14-18-10-13-20(23)22(25)21(18)24/h8-13,15-16H,2-7,14H2,1H3. The van der Waals surface area contributed by atoms with Crippen LogP contribution in [0, 0.1) is 23.4 Å². The molecule has 0 aliphatic heterocycles. The molecule has 2 aromatic carbocycles. The molecular formula is C22H25F3O. The van der Waals surface area contributed by atoms with Crippen LogP contribution >= 0.6 is 0 Å². The average molecular weight is 362 g/mol. The highest BCUT2D eigenvalue weighted by molar-refractivity contribution is 5.30. The predicted octanol–water partition coefficient (Wildman–Crippen LogP) is 6.76. The maximum absolute atomic E-state index is 13.7. The highest BCUT2D eigenvalue weighted by atomic mass is 19.2. The van der Waals surface area contributed by atoms with Gasteiger partial charge in [0.2, 0.25) is 0 Å². The molecule has 140 valence electrons. The van der Waals surface area contributed by atoms with Crippen molar-refractivity contribution in [2.24, 2.45) is 5.92 Å². The Labute approximate surface area is 153 Å². The maximum atomic E-state index is 13.7. The van der Waals surface area contributed by atoms with E-state index < -0.39 is 17.5 Å². The number of hydrogen-bond donors (Lipinski definition) is 0. The summed E-state index contributed by atoms with van der Waals surface area (Å²) in [5, 5.41) is 0. The van der Waals surface area contributed by atoms with Gasteiger partial charge < -0.3 is 4.74 Å². The lowest BCUT2D eigenvalue weighted by Crippen LogP contribution is -2.13. The van der Waals surface area contributed by atoms with Crippen molar-refractivity contribution in [3.8, 4) is 5.75 Å². The number of hydrogen-bond acceptors (Lipinski definition) is 1. The first kappa shape index (κ1) is 18.8. The summed E-state index contributed by atoms with van der Waals surface area (Å²) >= 11 is 0. The van der Waals surface area contributed by atoms with Crippen molar-refractivity contribution in [1.29, 1.82) is 0 Å². The summed E-state index contributed by atoms with van der Waals surface area (Å²) in [6.07, 6.45) is 7.65. The molecular weight excluding hydrogens is 337 g/mol. The molecule has 0 atom stereocenters. The van der Waals surface area contributed by atoms with Crippen LogP contribution in [0.5, 0.6) is 5.75 Å². The summed E-state index contributed by atoms with van der Waals surface area (Å²) in [6.45, 7) is 2.11. The minimum absolute atomic E-state index is 0.00206. The van der Waals surface area contributed by atoms with Crippen molar-refractivity contribution >= 4 is 0 Å². The molecule has 1 saturated carbocycles. The Balaban J connectivity index is 1.56. The van der Waals surface area contributed by atoms with Crippen LogP contribution in [-0.2, 0) is 6.61 Å². The Bertz CT molecular complexity index is 719. The van der Waals surface area contributed by atoms with Crippen molar-refractivity contribution in [2.45, 2.75) is 58.0 Å². The normalized spacial score (nSPS) is 20.2. The van der Waals surface area contributed by atoms with E-state index in [9.17, 15) is 13.2 Å². The van der Waals surface area contributed by atoms with Crippen molar-refractivity contribution in [3.05, 3.63) is 65.0 Å². The quantitative estimate of drug-likeness (QED) is 0.516. The molecule has 0 radical (unpaired) electrons. The SMILES string of the molecule is CCCC1CCC(c2ccc(OCc3ccc(F)c(F)c3F)cc2)CC1. The van der Waals surface area contributed by atoms with Gasteiger partial charge in [-0.3, -0.25) is 0 Å². The number of halogens is 3. The first-order valence-corrected chi connectivity index (χ1v) is 9.43. The van der Waals surface area contributed by atoms with Crippen LogP contribution in [0.25, 0.3) is 0 Å². The van der Waals surface area contributed by atoms with E-state index in [4.69, 9.17) is 4.74 Å². The van der Waals surface area contributed by atoms with Gasteiger partial charge in [0.25, 0.3) is 0 Å². The fourth-order valence-electron chi connectivity index (χ4n) is 3.87. The zero-order valence-corrected chi connectivity index (χ0v) is 15.1. The highest BCUT2D eigenvalue weighted by Gasteiger charge is 2.21. The van der Waals surface area contributed by atoms with E-state index in [0.717, 1.165) is 12.0 Å². The topological polar surface area (TPSA) is 9.23 Å². The van der Waals surface area contributed by atoms with Crippen LogP contribution in [0.15, 0.2) is 36.4 Å². The van der Waals surface area contributed by atoms with Crippen LogP contribution in [0.1, 0.15) is 62.5 Å². The number of rotatable bonds is 6. The summed E-state index contributed by atoms with van der Waals surface area (Å²) < 4.78 is 45.4. The molecule has 0 spiro atoms. The lowest BCUT2D eigenvalue weighted by atomic mass is 9.77. The molecule has 0 unspecified atom stereocenters. The van der Waals surface area contributed by atoms with Gasteiger partial charge in [0.15, 0.2) is 17.5 Å². The molecule has 0 bridgehead atoms. The molecule has 1 fully saturated rings. The molecule has 26 heavy (non-hydrogen) atoms. The van der Waals surface area contributed by atoms with Crippen molar-refractivity contribution in [3.63, 3.8) is 0 Å². The van der Waals surface area contributed by atoms with Gasteiger partial charge in [0.1, 0.15) is 12.4 Å². The van der Waals surface area contributed by atoms with Gasteiger partial charge in [-0.1, -0.05) is 31.9 Å². The van der Waals surface area contributed by atoms with Crippen LogP contribution in [-0.4, -0.2) is 0 Å². The van der Waals surface area contributed by atoms with Crippen molar-refractivity contribution < 1.29 is 17.9 Å². The van der Waals surface area contributed by atoms with Gasteiger partial charge in [-0.15, -0.1) is 0 Å². The Kier molecular flexibility index (Phi) is 6.23. The molecule has 4 heteroatoms.